The number of ether oxygens (including phenoxy) is 1. The van der Waals surface area contributed by atoms with Crippen LogP contribution in [0, 0.1) is 0 Å². The number of nitrogens with one attached hydrogen (secondary N) is 1. The number of hydrogen-bond acceptors (Lipinski definition) is 5. The Morgan fingerprint density at radius 1 is 1.67 bits per heavy atom. The summed E-state index contributed by atoms with van der Waals surface area (Å²) in [6, 6.07) is 0.232. The predicted octanol–water partition coefficient (Wildman–Crippen LogP) is 1.88. The van der Waals surface area contributed by atoms with E-state index in [-0.39, 0.29) is 6.04 Å². The Bertz CT molecular complexity index is 323. The van der Waals surface area contributed by atoms with Crippen molar-refractivity contribution < 1.29 is 4.74 Å². The van der Waals surface area contributed by atoms with Gasteiger partial charge in [0.15, 0.2) is 0 Å². The van der Waals surface area contributed by atoms with Gasteiger partial charge in [0.2, 0.25) is 0 Å². The van der Waals surface area contributed by atoms with Gasteiger partial charge in [-0.25, -0.2) is 0 Å². The number of aromatic nitrogens is 2. The first kappa shape index (κ1) is 10.6. The summed E-state index contributed by atoms with van der Waals surface area (Å²) < 4.78 is 9.27. The van der Waals surface area contributed by atoms with Gasteiger partial charge in [-0.3, -0.25) is 0 Å². The Morgan fingerprint density at radius 2 is 2.60 bits per heavy atom. The molecule has 1 aromatic heterocycles. The SMILES string of the molecule is CCNC(C1=COCCC1)c1cnns1. The lowest BCUT2D eigenvalue weighted by atomic mass is 10.0. The van der Waals surface area contributed by atoms with Crippen LogP contribution in [0.1, 0.15) is 30.7 Å². The van der Waals surface area contributed by atoms with Gasteiger partial charge >= 0.3 is 0 Å². The number of rotatable bonds is 4. The summed E-state index contributed by atoms with van der Waals surface area (Å²) in [6.45, 7) is 3.87. The third kappa shape index (κ3) is 2.54. The van der Waals surface area contributed by atoms with Gasteiger partial charge in [0.1, 0.15) is 0 Å². The van der Waals surface area contributed by atoms with E-state index in [0.717, 1.165) is 30.9 Å². The maximum atomic E-state index is 5.37. The molecule has 0 aromatic carbocycles. The van der Waals surface area contributed by atoms with E-state index in [2.05, 4.69) is 21.8 Å². The molecule has 1 atom stereocenters. The topological polar surface area (TPSA) is 47.0 Å². The molecular formula is C10H15N3OS. The van der Waals surface area contributed by atoms with Crippen molar-refractivity contribution in [3.05, 3.63) is 22.9 Å². The first-order valence-corrected chi connectivity index (χ1v) is 6.00. The largest absolute Gasteiger partial charge is 0.501 e. The summed E-state index contributed by atoms with van der Waals surface area (Å²) in [6.07, 6.45) is 5.90. The van der Waals surface area contributed by atoms with Crippen molar-refractivity contribution in [1.29, 1.82) is 0 Å². The summed E-state index contributed by atoms with van der Waals surface area (Å²) in [4.78, 5) is 1.16. The molecule has 1 unspecified atom stereocenters. The fourth-order valence-corrected chi connectivity index (χ4v) is 2.34. The molecule has 15 heavy (non-hydrogen) atoms. The second kappa shape index (κ2) is 5.23. The van der Waals surface area contributed by atoms with E-state index >= 15 is 0 Å². The van der Waals surface area contributed by atoms with Crippen LogP contribution in [-0.4, -0.2) is 22.7 Å². The zero-order valence-electron chi connectivity index (χ0n) is 8.77. The van der Waals surface area contributed by atoms with E-state index in [1.807, 2.05) is 12.5 Å². The maximum absolute atomic E-state index is 5.37. The van der Waals surface area contributed by atoms with Gasteiger partial charge < -0.3 is 10.1 Å². The quantitative estimate of drug-likeness (QED) is 0.850. The summed E-state index contributed by atoms with van der Waals surface area (Å²) >= 11 is 1.44. The molecule has 2 heterocycles. The van der Waals surface area contributed by atoms with E-state index < -0.39 is 0 Å². The first-order chi connectivity index (χ1) is 7.42. The Hall–Kier alpha value is -0.940. The Kier molecular flexibility index (Phi) is 3.69. The molecule has 0 bridgehead atoms. The number of hydrogen-bond donors (Lipinski definition) is 1. The minimum absolute atomic E-state index is 0.232. The normalized spacial score (nSPS) is 18.1. The average Bonchev–Trinajstić information content (AvgIpc) is 2.80. The highest BCUT2D eigenvalue weighted by Crippen LogP contribution is 2.28. The van der Waals surface area contributed by atoms with E-state index in [1.165, 1.54) is 17.1 Å². The van der Waals surface area contributed by atoms with Crippen molar-refractivity contribution >= 4 is 11.5 Å². The molecule has 5 heteroatoms. The fourth-order valence-electron chi connectivity index (χ4n) is 1.72. The van der Waals surface area contributed by atoms with Crippen LogP contribution in [0.4, 0.5) is 0 Å². The Balaban J connectivity index is 2.15. The molecule has 1 aliphatic heterocycles. The molecule has 1 N–H and O–H groups in total. The molecule has 0 saturated carbocycles. The van der Waals surface area contributed by atoms with Crippen LogP contribution in [0.2, 0.25) is 0 Å². The lowest BCUT2D eigenvalue weighted by Gasteiger charge is -2.22. The molecule has 0 saturated heterocycles. The lowest BCUT2D eigenvalue weighted by Crippen LogP contribution is -2.23. The molecule has 0 aliphatic carbocycles. The van der Waals surface area contributed by atoms with Gasteiger partial charge in [-0.2, -0.15) is 0 Å². The minimum Gasteiger partial charge on any atom is -0.501 e. The molecule has 82 valence electrons. The zero-order chi connectivity index (χ0) is 10.5. The van der Waals surface area contributed by atoms with Crippen LogP contribution in [0.3, 0.4) is 0 Å². The summed E-state index contributed by atoms with van der Waals surface area (Å²) in [5.41, 5.74) is 1.30. The van der Waals surface area contributed by atoms with Crippen molar-refractivity contribution in [2.45, 2.75) is 25.8 Å². The molecule has 2 rings (SSSR count). The zero-order valence-corrected chi connectivity index (χ0v) is 9.59. The minimum atomic E-state index is 0.232. The van der Waals surface area contributed by atoms with Crippen LogP contribution in [0.15, 0.2) is 18.0 Å². The standard InChI is InChI=1S/C10H15N3OS/c1-2-11-10(9-6-12-13-15-9)8-4-3-5-14-7-8/h6-7,10-11H,2-5H2,1H3. The summed E-state index contributed by atoms with van der Waals surface area (Å²) in [5.74, 6) is 0. The van der Waals surface area contributed by atoms with Gasteiger partial charge in [-0.1, -0.05) is 11.4 Å². The smallest absolute Gasteiger partial charge is 0.0876 e. The molecule has 0 spiro atoms. The van der Waals surface area contributed by atoms with Crippen LogP contribution in [0.5, 0.6) is 0 Å². The molecule has 0 amide bonds. The molecule has 1 aromatic rings. The van der Waals surface area contributed by atoms with Crippen LogP contribution in [0.25, 0.3) is 0 Å². The van der Waals surface area contributed by atoms with E-state index in [9.17, 15) is 0 Å². The van der Waals surface area contributed by atoms with Crippen LogP contribution < -0.4 is 5.32 Å². The first-order valence-electron chi connectivity index (χ1n) is 5.23. The van der Waals surface area contributed by atoms with Crippen molar-refractivity contribution in [2.75, 3.05) is 13.2 Å². The monoisotopic (exact) mass is 225 g/mol. The third-order valence-electron chi connectivity index (χ3n) is 2.40. The van der Waals surface area contributed by atoms with E-state index in [0.29, 0.717) is 0 Å². The van der Waals surface area contributed by atoms with Gasteiger partial charge in [-0.05, 0) is 36.5 Å². The highest BCUT2D eigenvalue weighted by atomic mass is 32.1. The average molecular weight is 225 g/mol. The Labute approximate surface area is 93.5 Å². The highest BCUT2D eigenvalue weighted by Gasteiger charge is 2.19. The molecule has 4 nitrogen and oxygen atoms in total. The van der Waals surface area contributed by atoms with Crippen molar-refractivity contribution in [3.8, 4) is 0 Å². The van der Waals surface area contributed by atoms with Crippen molar-refractivity contribution in [1.82, 2.24) is 14.9 Å². The van der Waals surface area contributed by atoms with E-state index in [1.54, 1.807) is 0 Å². The summed E-state index contributed by atoms with van der Waals surface area (Å²) in [7, 11) is 0. The van der Waals surface area contributed by atoms with Crippen LogP contribution in [-0.2, 0) is 4.74 Å². The molecular weight excluding hydrogens is 210 g/mol. The third-order valence-corrected chi connectivity index (χ3v) is 3.13. The molecule has 0 radical (unpaired) electrons. The lowest BCUT2D eigenvalue weighted by molar-refractivity contribution is 0.219. The van der Waals surface area contributed by atoms with Crippen molar-refractivity contribution in [3.63, 3.8) is 0 Å². The fraction of sp³-hybridized carbons (Fsp3) is 0.600. The van der Waals surface area contributed by atoms with Gasteiger partial charge in [-0.15, -0.1) is 5.10 Å². The highest BCUT2D eigenvalue weighted by molar-refractivity contribution is 7.05. The van der Waals surface area contributed by atoms with Gasteiger partial charge in [0, 0.05) is 0 Å². The second-order valence-corrected chi connectivity index (χ2v) is 4.29. The Morgan fingerprint density at radius 3 is 3.20 bits per heavy atom. The maximum Gasteiger partial charge on any atom is 0.0876 e. The van der Waals surface area contributed by atoms with Crippen LogP contribution >= 0.6 is 11.5 Å². The second-order valence-electron chi connectivity index (χ2n) is 3.48. The molecule has 1 aliphatic rings. The van der Waals surface area contributed by atoms with E-state index in [4.69, 9.17) is 4.74 Å². The van der Waals surface area contributed by atoms with Gasteiger partial charge in [0.05, 0.1) is 30.0 Å². The predicted molar refractivity (Wildman–Crippen MR) is 59.6 cm³/mol. The number of likely N-dealkylation sites (N-methyl/N-ethyl adjacent to an activating group) is 1. The van der Waals surface area contributed by atoms with Crippen molar-refractivity contribution in [2.24, 2.45) is 0 Å². The summed E-state index contributed by atoms with van der Waals surface area (Å²) in [5, 5.41) is 7.32. The number of nitrogens with zero attached hydrogens (tertiary/aromatic N) is 2. The van der Waals surface area contributed by atoms with Gasteiger partial charge in [0.25, 0.3) is 0 Å². The molecule has 0 fully saturated rings.